The maximum Gasteiger partial charge on any atom is 0.300 e. The first-order chi connectivity index (χ1) is 14.3. The number of fused-ring (bicyclic) bond motifs is 1. The van der Waals surface area contributed by atoms with Crippen molar-refractivity contribution < 1.29 is 14.6 Å². The summed E-state index contributed by atoms with van der Waals surface area (Å²) >= 11 is 13.8. The molecule has 0 bridgehead atoms. The Balaban J connectivity index is 0.000000589. The fourth-order valence-electron chi connectivity index (χ4n) is 3.32. The maximum atomic E-state index is 9.00. The summed E-state index contributed by atoms with van der Waals surface area (Å²) in [7, 11) is 0. The van der Waals surface area contributed by atoms with Crippen molar-refractivity contribution in [3.63, 3.8) is 0 Å². The van der Waals surface area contributed by atoms with Crippen molar-refractivity contribution in [1.82, 2.24) is 4.98 Å². The third-order valence-corrected chi connectivity index (χ3v) is 6.54. The fraction of sp³-hybridized carbons (Fsp3) is 0.304. The zero-order valence-electron chi connectivity index (χ0n) is 16.9. The van der Waals surface area contributed by atoms with E-state index >= 15 is 0 Å². The average molecular weight is 464 g/mol. The van der Waals surface area contributed by atoms with Crippen molar-refractivity contribution in [3.05, 3.63) is 68.1 Å². The van der Waals surface area contributed by atoms with E-state index in [1.54, 1.807) is 11.3 Å². The van der Waals surface area contributed by atoms with Crippen LogP contribution in [0.3, 0.4) is 0 Å². The summed E-state index contributed by atoms with van der Waals surface area (Å²) in [5.74, 6) is 0.128. The first kappa shape index (κ1) is 22.6. The molecule has 0 saturated heterocycles. The SMILES string of the molecule is CC(=O)O.Cc1sc(-c2ccc(Cl)c(Cl)c2)nc1CCOc1ccc2c(c1)CCC2. The first-order valence-electron chi connectivity index (χ1n) is 9.69. The number of aryl methyl sites for hydroxylation is 3. The number of aromatic nitrogens is 1. The number of benzene rings is 2. The van der Waals surface area contributed by atoms with E-state index in [9.17, 15) is 0 Å². The van der Waals surface area contributed by atoms with Crippen molar-refractivity contribution in [1.29, 1.82) is 0 Å². The van der Waals surface area contributed by atoms with Crippen molar-refractivity contribution in [2.24, 2.45) is 0 Å². The summed E-state index contributed by atoms with van der Waals surface area (Å²) < 4.78 is 5.97. The molecular weight excluding hydrogens is 441 g/mol. The topological polar surface area (TPSA) is 59.4 Å². The van der Waals surface area contributed by atoms with E-state index in [0.717, 1.165) is 35.4 Å². The van der Waals surface area contributed by atoms with Crippen molar-refractivity contribution >= 4 is 40.5 Å². The molecule has 30 heavy (non-hydrogen) atoms. The van der Waals surface area contributed by atoms with Crippen molar-refractivity contribution in [3.8, 4) is 16.3 Å². The van der Waals surface area contributed by atoms with Gasteiger partial charge >= 0.3 is 0 Å². The third kappa shape index (κ3) is 5.97. The summed E-state index contributed by atoms with van der Waals surface area (Å²) in [5, 5.41) is 9.50. The summed E-state index contributed by atoms with van der Waals surface area (Å²) in [6.07, 6.45) is 4.42. The molecule has 1 N–H and O–H groups in total. The number of thiazole rings is 1. The molecule has 4 rings (SSSR count). The molecule has 0 unspecified atom stereocenters. The number of carbonyl (C=O) groups is 1. The lowest BCUT2D eigenvalue weighted by Crippen LogP contribution is -2.03. The van der Waals surface area contributed by atoms with Gasteiger partial charge in [-0.15, -0.1) is 11.3 Å². The lowest BCUT2D eigenvalue weighted by molar-refractivity contribution is -0.134. The molecule has 7 heteroatoms. The van der Waals surface area contributed by atoms with Gasteiger partial charge in [-0.2, -0.15) is 0 Å². The van der Waals surface area contributed by atoms with E-state index in [-0.39, 0.29) is 0 Å². The van der Waals surface area contributed by atoms with Crippen LogP contribution in [0.5, 0.6) is 5.75 Å². The van der Waals surface area contributed by atoms with Gasteiger partial charge in [-0.05, 0) is 61.6 Å². The largest absolute Gasteiger partial charge is 0.493 e. The highest BCUT2D eigenvalue weighted by atomic mass is 35.5. The Morgan fingerprint density at radius 2 is 1.87 bits per heavy atom. The second kappa shape index (κ2) is 10.3. The van der Waals surface area contributed by atoms with Crippen LogP contribution in [0.4, 0.5) is 0 Å². The molecule has 0 spiro atoms. The van der Waals surface area contributed by atoms with E-state index in [4.69, 9.17) is 42.8 Å². The molecule has 3 aromatic rings. The van der Waals surface area contributed by atoms with Crippen LogP contribution in [-0.2, 0) is 24.1 Å². The second-order valence-corrected chi connectivity index (χ2v) is 9.07. The van der Waals surface area contributed by atoms with Crippen LogP contribution in [0.25, 0.3) is 10.6 Å². The second-order valence-electron chi connectivity index (χ2n) is 7.05. The Morgan fingerprint density at radius 3 is 2.60 bits per heavy atom. The normalized spacial score (nSPS) is 12.1. The van der Waals surface area contributed by atoms with Crippen LogP contribution in [0, 0.1) is 6.92 Å². The van der Waals surface area contributed by atoms with E-state index in [0.29, 0.717) is 16.7 Å². The van der Waals surface area contributed by atoms with Crippen LogP contribution in [0.1, 0.15) is 35.0 Å². The quantitative estimate of drug-likeness (QED) is 0.461. The first-order valence-corrected chi connectivity index (χ1v) is 11.3. The molecule has 158 valence electrons. The summed E-state index contributed by atoms with van der Waals surface area (Å²) in [6, 6.07) is 12.1. The zero-order chi connectivity index (χ0) is 21.7. The number of hydrogen-bond acceptors (Lipinski definition) is 4. The van der Waals surface area contributed by atoms with Crippen molar-refractivity contribution in [2.45, 2.75) is 39.5 Å². The molecule has 1 aliphatic rings. The molecular formula is C23H23Cl2NO3S. The molecule has 4 nitrogen and oxygen atoms in total. The minimum atomic E-state index is -0.833. The smallest absolute Gasteiger partial charge is 0.300 e. The van der Waals surface area contributed by atoms with Gasteiger partial charge in [0, 0.05) is 23.8 Å². The van der Waals surface area contributed by atoms with Crippen molar-refractivity contribution in [2.75, 3.05) is 6.61 Å². The van der Waals surface area contributed by atoms with Gasteiger partial charge in [-0.3, -0.25) is 4.79 Å². The van der Waals surface area contributed by atoms with Crippen LogP contribution >= 0.6 is 34.5 Å². The highest BCUT2D eigenvalue weighted by Gasteiger charge is 2.13. The number of hydrogen-bond donors (Lipinski definition) is 1. The standard InChI is InChI=1S/C21H19Cl2NOS.C2H4O2/c1-13-20(24-21(26-13)16-6-8-18(22)19(23)12-16)9-10-25-17-7-5-14-3-2-4-15(14)11-17;1-2(3)4/h5-8,11-12H,2-4,9-10H2,1H3;1H3,(H,3,4). The van der Waals surface area contributed by atoms with Gasteiger partial charge in [0.1, 0.15) is 10.8 Å². The number of halogens is 2. The van der Waals surface area contributed by atoms with Crippen LogP contribution in [0.2, 0.25) is 10.0 Å². The molecule has 0 atom stereocenters. The average Bonchev–Trinajstić information content (AvgIpc) is 3.30. The van der Waals surface area contributed by atoms with Crippen LogP contribution in [0.15, 0.2) is 36.4 Å². The highest BCUT2D eigenvalue weighted by Crippen LogP contribution is 2.32. The molecule has 0 aliphatic heterocycles. The van der Waals surface area contributed by atoms with Gasteiger partial charge in [0.2, 0.25) is 0 Å². The predicted octanol–water partition coefficient (Wildman–Crippen LogP) is 6.63. The van der Waals surface area contributed by atoms with E-state index in [1.165, 1.54) is 35.3 Å². The Labute approximate surface area is 190 Å². The number of nitrogens with zero attached hydrogens (tertiary/aromatic N) is 1. The predicted molar refractivity (Wildman–Crippen MR) is 123 cm³/mol. The Kier molecular flexibility index (Phi) is 7.75. The Hall–Kier alpha value is -2.08. The molecule has 0 saturated carbocycles. The number of ether oxygens (including phenoxy) is 1. The summed E-state index contributed by atoms with van der Waals surface area (Å²) in [6.45, 7) is 3.81. The molecule has 0 amide bonds. The monoisotopic (exact) mass is 463 g/mol. The molecule has 0 fully saturated rings. The summed E-state index contributed by atoms with van der Waals surface area (Å²) in [5.41, 5.74) is 4.99. The fourth-order valence-corrected chi connectivity index (χ4v) is 4.57. The van der Waals surface area contributed by atoms with Gasteiger partial charge in [-0.25, -0.2) is 4.98 Å². The van der Waals surface area contributed by atoms with Gasteiger partial charge in [0.25, 0.3) is 5.97 Å². The number of carboxylic acid groups (broad SMARTS) is 1. The third-order valence-electron chi connectivity index (χ3n) is 4.74. The number of carboxylic acids is 1. The lowest BCUT2D eigenvalue weighted by Gasteiger charge is -2.07. The minimum Gasteiger partial charge on any atom is -0.493 e. The Bertz CT molecular complexity index is 1040. The molecule has 1 aliphatic carbocycles. The van der Waals surface area contributed by atoms with Gasteiger partial charge in [0.05, 0.1) is 22.3 Å². The van der Waals surface area contributed by atoms with E-state index in [2.05, 4.69) is 25.1 Å². The van der Waals surface area contributed by atoms with E-state index < -0.39 is 5.97 Å². The Morgan fingerprint density at radius 1 is 1.13 bits per heavy atom. The van der Waals surface area contributed by atoms with Crippen LogP contribution in [-0.4, -0.2) is 22.7 Å². The molecule has 0 radical (unpaired) electrons. The number of rotatable bonds is 5. The maximum absolute atomic E-state index is 9.00. The molecule has 1 aromatic heterocycles. The van der Waals surface area contributed by atoms with Gasteiger partial charge in [0.15, 0.2) is 0 Å². The lowest BCUT2D eigenvalue weighted by atomic mass is 10.1. The zero-order valence-corrected chi connectivity index (χ0v) is 19.2. The number of aliphatic carboxylic acids is 1. The van der Waals surface area contributed by atoms with Crippen LogP contribution < -0.4 is 4.74 Å². The van der Waals surface area contributed by atoms with Gasteiger partial charge < -0.3 is 9.84 Å². The van der Waals surface area contributed by atoms with Gasteiger partial charge in [-0.1, -0.05) is 35.3 Å². The highest BCUT2D eigenvalue weighted by molar-refractivity contribution is 7.15. The van der Waals surface area contributed by atoms with E-state index in [1.807, 2.05) is 18.2 Å². The molecule has 2 aromatic carbocycles. The minimum absolute atomic E-state index is 0.554. The molecule has 1 heterocycles. The summed E-state index contributed by atoms with van der Waals surface area (Å²) in [4.78, 5) is 15.0.